The van der Waals surface area contributed by atoms with Gasteiger partial charge < -0.3 is 4.98 Å². The van der Waals surface area contributed by atoms with Gasteiger partial charge in [0.1, 0.15) is 5.82 Å². The van der Waals surface area contributed by atoms with E-state index in [1.165, 1.54) is 10.9 Å². The number of halogens is 1. The van der Waals surface area contributed by atoms with Gasteiger partial charge in [-0.25, -0.2) is 4.68 Å². The Morgan fingerprint density at radius 2 is 2.25 bits per heavy atom. The van der Waals surface area contributed by atoms with Gasteiger partial charge in [0.15, 0.2) is 0 Å². The van der Waals surface area contributed by atoms with Crippen molar-refractivity contribution in [2.45, 2.75) is 6.92 Å². The fraction of sp³-hybridized carbons (Fsp3) is 0.0833. The Balaban J connectivity index is 2.32. The van der Waals surface area contributed by atoms with Crippen LogP contribution in [0.25, 0.3) is 16.7 Å². The highest BCUT2D eigenvalue weighted by atomic mass is 79.9. The van der Waals surface area contributed by atoms with Crippen LogP contribution in [0, 0.1) is 6.92 Å². The molecule has 3 nitrogen and oxygen atoms in total. The molecule has 0 saturated carbocycles. The van der Waals surface area contributed by atoms with Crippen molar-refractivity contribution in [2.75, 3.05) is 0 Å². The van der Waals surface area contributed by atoms with E-state index in [-0.39, 0.29) is 0 Å². The van der Waals surface area contributed by atoms with E-state index in [2.05, 4.69) is 45.1 Å². The van der Waals surface area contributed by atoms with E-state index in [0.717, 1.165) is 15.8 Å². The number of aromatic amines is 1. The third-order valence-corrected chi connectivity index (χ3v) is 3.22. The summed E-state index contributed by atoms with van der Waals surface area (Å²) in [6.45, 7) is 2.10. The third kappa shape index (κ3) is 1.38. The van der Waals surface area contributed by atoms with Crippen molar-refractivity contribution in [2.24, 2.45) is 0 Å². The fourth-order valence-electron chi connectivity index (χ4n) is 1.91. The molecule has 0 fully saturated rings. The number of aromatic nitrogens is 3. The molecule has 1 N–H and O–H groups in total. The summed E-state index contributed by atoms with van der Waals surface area (Å²) in [6, 6.07) is 8.14. The van der Waals surface area contributed by atoms with Crippen molar-refractivity contribution in [3.05, 3.63) is 46.7 Å². The Labute approximate surface area is 101 Å². The minimum Gasteiger partial charge on any atom is -0.339 e. The highest BCUT2D eigenvalue weighted by Crippen LogP contribution is 2.26. The lowest BCUT2D eigenvalue weighted by Gasteiger charge is -1.98. The van der Waals surface area contributed by atoms with E-state index in [9.17, 15) is 0 Å². The molecule has 0 saturated heterocycles. The summed E-state index contributed by atoms with van der Waals surface area (Å²) in [5.74, 6) is 1.03. The molecule has 0 aliphatic rings. The molecule has 0 amide bonds. The first-order valence-corrected chi connectivity index (χ1v) is 5.83. The predicted molar refractivity (Wildman–Crippen MR) is 67.9 cm³/mol. The molecule has 0 unspecified atom stereocenters. The summed E-state index contributed by atoms with van der Waals surface area (Å²) in [4.78, 5) is 3.37. The van der Waals surface area contributed by atoms with Gasteiger partial charge in [0, 0.05) is 33.3 Å². The van der Waals surface area contributed by atoms with Crippen molar-refractivity contribution in [3.63, 3.8) is 0 Å². The van der Waals surface area contributed by atoms with Crippen LogP contribution in [0.3, 0.4) is 0 Å². The normalized spacial score (nSPS) is 11.1. The molecule has 2 aromatic heterocycles. The van der Waals surface area contributed by atoms with E-state index >= 15 is 0 Å². The lowest BCUT2D eigenvalue weighted by molar-refractivity contribution is 0.851. The zero-order valence-electron chi connectivity index (χ0n) is 8.74. The van der Waals surface area contributed by atoms with Gasteiger partial charge in [-0.05, 0) is 31.2 Å². The largest absolute Gasteiger partial charge is 0.339 e. The maximum absolute atomic E-state index is 4.24. The molecule has 0 aliphatic heterocycles. The Morgan fingerprint density at radius 1 is 1.38 bits per heavy atom. The molecule has 0 radical (unpaired) electrons. The van der Waals surface area contributed by atoms with Gasteiger partial charge in [0.25, 0.3) is 0 Å². The maximum Gasteiger partial charge on any atom is 0.135 e. The summed E-state index contributed by atoms with van der Waals surface area (Å²) >= 11 is 3.49. The third-order valence-electron chi connectivity index (χ3n) is 2.73. The Bertz CT molecular complexity index is 638. The van der Waals surface area contributed by atoms with Crippen LogP contribution in [-0.4, -0.2) is 14.8 Å². The molecule has 0 spiro atoms. The molecule has 0 aliphatic carbocycles. The molecule has 3 aromatic rings. The highest BCUT2D eigenvalue weighted by molar-refractivity contribution is 9.10. The molecule has 0 atom stereocenters. The van der Waals surface area contributed by atoms with E-state index < -0.39 is 0 Å². The monoisotopic (exact) mass is 275 g/mol. The number of nitrogens with one attached hydrogen (secondary N) is 1. The minimum atomic E-state index is 1.03. The molecule has 4 heteroatoms. The minimum absolute atomic E-state index is 1.03. The first kappa shape index (κ1) is 9.66. The van der Waals surface area contributed by atoms with Crippen molar-refractivity contribution < 1.29 is 0 Å². The lowest BCUT2D eigenvalue weighted by atomic mass is 10.2. The summed E-state index contributed by atoms with van der Waals surface area (Å²) in [5, 5.41) is 5.46. The maximum atomic E-state index is 4.24. The van der Waals surface area contributed by atoms with E-state index in [0.29, 0.717) is 0 Å². The second-order valence-corrected chi connectivity index (χ2v) is 4.65. The molecular formula is C12H10BrN3. The highest BCUT2D eigenvalue weighted by Gasteiger charge is 2.09. The second-order valence-electron chi connectivity index (χ2n) is 3.74. The van der Waals surface area contributed by atoms with Gasteiger partial charge in [-0.15, -0.1) is 0 Å². The van der Waals surface area contributed by atoms with E-state index in [1.54, 1.807) is 6.20 Å². The zero-order chi connectivity index (χ0) is 11.1. The number of rotatable bonds is 1. The molecule has 3 rings (SSSR count). The van der Waals surface area contributed by atoms with Crippen molar-refractivity contribution in [1.29, 1.82) is 0 Å². The van der Waals surface area contributed by atoms with E-state index in [1.807, 2.05) is 23.0 Å². The summed E-state index contributed by atoms with van der Waals surface area (Å²) in [7, 11) is 0. The molecule has 16 heavy (non-hydrogen) atoms. The SMILES string of the molecule is Cc1c(-n2cccn2)[nH]c2ccc(Br)cc12. The van der Waals surface area contributed by atoms with Crippen LogP contribution in [0.4, 0.5) is 0 Å². The Hall–Kier alpha value is -1.55. The quantitative estimate of drug-likeness (QED) is 0.725. The predicted octanol–water partition coefficient (Wildman–Crippen LogP) is 3.42. The molecule has 0 bridgehead atoms. The fourth-order valence-corrected chi connectivity index (χ4v) is 2.28. The number of fused-ring (bicyclic) bond motifs is 1. The van der Waals surface area contributed by atoms with Crippen molar-refractivity contribution in [3.8, 4) is 5.82 Å². The van der Waals surface area contributed by atoms with Crippen LogP contribution in [0.1, 0.15) is 5.56 Å². The van der Waals surface area contributed by atoms with Crippen LogP contribution >= 0.6 is 15.9 Å². The van der Waals surface area contributed by atoms with Crippen molar-refractivity contribution >= 4 is 26.8 Å². The lowest BCUT2D eigenvalue weighted by Crippen LogP contribution is -1.95. The number of hydrogen-bond acceptors (Lipinski definition) is 1. The smallest absolute Gasteiger partial charge is 0.135 e. The van der Waals surface area contributed by atoms with Crippen molar-refractivity contribution in [1.82, 2.24) is 14.8 Å². The molecular weight excluding hydrogens is 266 g/mol. The van der Waals surface area contributed by atoms with Gasteiger partial charge in [0.2, 0.25) is 0 Å². The summed E-state index contributed by atoms with van der Waals surface area (Å²) < 4.78 is 2.94. The van der Waals surface area contributed by atoms with Crippen LogP contribution in [-0.2, 0) is 0 Å². The number of nitrogens with zero attached hydrogens (tertiary/aromatic N) is 2. The van der Waals surface area contributed by atoms with Gasteiger partial charge in [0.05, 0.1) is 0 Å². The van der Waals surface area contributed by atoms with Crippen LogP contribution < -0.4 is 0 Å². The van der Waals surface area contributed by atoms with Gasteiger partial charge in [-0.3, -0.25) is 0 Å². The van der Waals surface area contributed by atoms with Gasteiger partial charge in [-0.2, -0.15) is 5.10 Å². The second kappa shape index (κ2) is 3.49. The molecule has 2 heterocycles. The average Bonchev–Trinajstić information content (AvgIpc) is 2.87. The molecule has 80 valence electrons. The summed E-state index contributed by atoms with van der Waals surface area (Å²) in [5.41, 5.74) is 2.34. The van der Waals surface area contributed by atoms with E-state index in [4.69, 9.17) is 0 Å². The topological polar surface area (TPSA) is 33.6 Å². The Morgan fingerprint density at radius 3 is 3.00 bits per heavy atom. The first-order chi connectivity index (χ1) is 7.75. The summed E-state index contributed by atoms with van der Waals surface area (Å²) in [6.07, 6.45) is 3.72. The number of aryl methyl sites for hydroxylation is 1. The number of hydrogen-bond donors (Lipinski definition) is 1. The molecule has 1 aromatic carbocycles. The van der Waals surface area contributed by atoms with Gasteiger partial charge >= 0.3 is 0 Å². The number of H-pyrrole nitrogens is 1. The van der Waals surface area contributed by atoms with Crippen LogP contribution in [0.15, 0.2) is 41.1 Å². The first-order valence-electron chi connectivity index (χ1n) is 5.03. The number of benzene rings is 1. The zero-order valence-corrected chi connectivity index (χ0v) is 10.3. The van der Waals surface area contributed by atoms with Crippen LogP contribution in [0.2, 0.25) is 0 Å². The average molecular weight is 276 g/mol. The van der Waals surface area contributed by atoms with Crippen LogP contribution in [0.5, 0.6) is 0 Å². The van der Waals surface area contributed by atoms with Gasteiger partial charge in [-0.1, -0.05) is 15.9 Å². The Kier molecular flexibility index (Phi) is 2.11. The standard InChI is InChI=1S/C12H10BrN3/c1-8-10-7-9(13)3-4-11(10)15-12(8)16-6-2-5-14-16/h2-7,15H,1H3.